The molecule has 0 radical (unpaired) electrons. The molecule has 2 N–H and O–H groups in total. The molecule has 1 heterocycles. The Labute approximate surface area is 103 Å². The van der Waals surface area contributed by atoms with Gasteiger partial charge in [-0.1, -0.05) is 0 Å². The van der Waals surface area contributed by atoms with Crippen LogP contribution in [0.1, 0.15) is 18.7 Å². The Balaban J connectivity index is 3.03. The largest absolute Gasteiger partial charge is 0.374 e. The summed E-state index contributed by atoms with van der Waals surface area (Å²) in [6.07, 6.45) is 0.917. The monoisotopic (exact) mass is 308 g/mol. The van der Waals surface area contributed by atoms with Crippen LogP contribution in [0.5, 0.6) is 0 Å². The number of pyridine rings is 1. The van der Waals surface area contributed by atoms with Crippen molar-refractivity contribution >= 4 is 26.0 Å². The summed E-state index contributed by atoms with van der Waals surface area (Å²) in [4.78, 5) is 4.09. The zero-order chi connectivity index (χ0) is 12.3. The number of methoxy groups -OCH3 is 1. The van der Waals surface area contributed by atoms with Gasteiger partial charge in [-0.05, 0) is 35.0 Å². The molecular formula is C9H13BrN2O3S. The molecule has 0 aliphatic heterocycles. The lowest BCUT2D eigenvalue weighted by Gasteiger charge is -2.20. The summed E-state index contributed by atoms with van der Waals surface area (Å²) in [7, 11) is -2.22. The number of aromatic nitrogens is 1. The summed E-state index contributed by atoms with van der Waals surface area (Å²) >= 11 is 3.25. The maximum Gasteiger partial charge on any atom is 0.214 e. The van der Waals surface area contributed by atoms with Crippen LogP contribution in [0.2, 0.25) is 0 Å². The molecule has 2 atom stereocenters. The third kappa shape index (κ3) is 3.24. The van der Waals surface area contributed by atoms with Crippen LogP contribution in [-0.2, 0) is 14.8 Å². The predicted molar refractivity (Wildman–Crippen MR) is 64.3 cm³/mol. The summed E-state index contributed by atoms with van der Waals surface area (Å²) in [6.45, 7) is 1.49. The Kier molecular flexibility index (Phi) is 4.43. The van der Waals surface area contributed by atoms with Gasteiger partial charge in [0.25, 0.3) is 0 Å². The van der Waals surface area contributed by atoms with Crippen LogP contribution in [0.25, 0.3) is 0 Å². The average molecular weight is 309 g/mol. The minimum Gasteiger partial charge on any atom is -0.374 e. The van der Waals surface area contributed by atoms with E-state index in [0.29, 0.717) is 5.69 Å². The third-order valence-electron chi connectivity index (χ3n) is 2.24. The molecule has 1 aromatic heterocycles. The molecule has 0 aliphatic rings. The van der Waals surface area contributed by atoms with Crippen molar-refractivity contribution in [3.8, 4) is 0 Å². The van der Waals surface area contributed by atoms with Crippen LogP contribution in [0.4, 0.5) is 0 Å². The molecule has 0 spiro atoms. The lowest BCUT2D eigenvalue weighted by Crippen LogP contribution is -2.32. The van der Waals surface area contributed by atoms with Gasteiger partial charge in [0, 0.05) is 17.8 Å². The number of hydrogen-bond donors (Lipinski definition) is 1. The smallest absolute Gasteiger partial charge is 0.214 e. The van der Waals surface area contributed by atoms with E-state index in [2.05, 4.69) is 20.9 Å². The second-order valence-electron chi connectivity index (χ2n) is 3.35. The molecule has 2 unspecified atom stereocenters. The summed E-state index contributed by atoms with van der Waals surface area (Å²) in [6, 6.07) is 3.46. The second kappa shape index (κ2) is 5.22. The molecule has 0 aromatic carbocycles. The number of rotatable bonds is 4. The average Bonchev–Trinajstić information content (AvgIpc) is 2.20. The van der Waals surface area contributed by atoms with Crippen LogP contribution >= 0.6 is 15.9 Å². The molecular weight excluding hydrogens is 296 g/mol. The number of primary sulfonamides is 1. The molecule has 0 aliphatic carbocycles. The summed E-state index contributed by atoms with van der Waals surface area (Å²) in [5.74, 6) is 0. The van der Waals surface area contributed by atoms with Crippen LogP contribution in [0.3, 0.4) is 0 Å². The minimum absolute atomic E-state index is 0.534. The van der Waals surface area contributed by atoms with E-state index < -0.39 is 21.4 Å². The van der Waals surface area contributed by atoms with Gasteiger partial charge in [0.1, 0.15) is 11.4 Å². The van der Waals surface area contributed by atoms with E-state index in [1.165, 1.54) is 14.0 Å². The first-order chi connectivity index (χ1) is 7.36. The van der Waals surface area contributed by atoms with Gasteiger partial charge in [-0.15, -0.1) is 0 Å². The third-order valence-corrected chi connectivity index (χ3v) is 3.99. The predicted octanol–water partition coefficient (Wildman–Crippen LogP) is 1.21. The fraction of sp³-hybridized carbons (Fsp3) is 0.444. The molecule has 16 heavy (non-hydrogen) atoms. The summed E-state index contributed by atoms with van der Waals surface area (Å²) in [5, 5.41) is 4.24. The molecule has 1 aromatic rings. The van der Waals surface area contributed by atoms with Gasteiger partial charge in [-0.3, -0.25) is 4.98 Å². The fourth-order valence-electron chi connectivity index (χ4n) is 1.28. The highest BCUT2D eigenvalue weighted by atomic mass is 79.9. The molecule has 7 heteroatoms. The van der Waals surface area contributed by atoms with Crippen LogP contribution in [0, 0.1) is 0 Å². The Morgan fingerprint density at radius 2 is 2.12 bits per heavy atom. The lowest BCUT2D eigenvalue weighted by atomic mass is 10.2. The van der Waals surface area contributed by atoms with Crippen molar-refractivity contribution in [3.63, 3.8) is 0 Å². The maximum atomic E-state index is 11.2. The highest BCUT2D eigenvalue weighted by Crippen LogP contribution is 2.23. The van der Waals surface area contributed by atoms with E-state index in [0.717, 1.165) is 4.47 Å². The van der Waals surface area contributed by atoms with Crippen molar-refractivity contribution in [2.24, 2.45) is 5.14 Å². The maximum absolute atomic E-state index is 11.2. The van der Waals surface area contributed by atoms with E-state index in [4.69, 9.17) is 9.88 Å². The van der Waals surface area contributed by atoms with Gasteiger partial charge >= 0.3 is 0 Å². The number of ether oxygens (including phenoxy) is 1. The van der Waals surface area contributed by atoms with Crippen LogP contribution in [0.15, 0.2) is 22.8 Å². The van der Waals surface area contributed by atoms with Crippen molar-refractivity contribution < 1.29 is 13.2 Å². The first-order valence-corrected chi connectivity index (χ1v) is 6.92. The Morgan fingerprint density at radius 3 is 2.50 bits per heavy atom. The molecule has 0 amide bonds. The van der Waals surface area contributed by atoms with Crippen molar-refractivity contribution in [2.75, 3.05) is 7.11 Å². The highest BCUT2D eigenvalue weighted by Gasteiger charge is 2.28. The fourth-order valence-corrected chi connectivity index (χ4v) is 2.11. The zero-order valence-electron chi connectivity index (χ0n) is 8.92. The molecule has 90 valence electrons. The number of nitrogens with two attached hydrogens (primary N) is 1. The van der Waals surface area contributed by atoms with Crippen LogP contribution < -0.4 is 5.14 Å². The standard InChI is InChI=1S/C9H13BrN2O3S/c1-6(16(11,13)14)9(15-2)8-4-3-7(10)5-12-8/h3-6,9H,1-2H3,(H2,11,13,14). The van der Waals surface area contributed by atoms with Gasteiger partial charge < -0.3 is 4.74 Å². The normalized spacial score (nSPS) is 15.8. The van der Waals surface area contributed by atoms with Gasteiger partial charge in [0.15, 0.2) is 0 Å². The van der Waals surface area contributed by atoms with E-state index in [1.807, 2.05) is 0 Å². The van der Waals surface area contributed by atoms with Gasteiger partial charge in [0.05, 0.1) is 5.69 Å². The van der Waals surface area contributed by atoms with Crippen molar-refractivity contribution in [2.45, 2.75) is 18.3 Å². The topological polar surface area (TPSA) is 82.3 Å². The molecule has 0 fully saturated rings. The van der Waals surface area contributed by atoms with Crippen molar-refractivity contribution in [1.29, 1.82) is 0 Å². The minimum atomic E-state index is -3.65. The quantitative estimate of drug-likeness (QED) is 0.906. The number of sulfonamides is 1. The second-order valence-corrected chi connectivity index (χ2v) is 6.19. The zero-order valence-corrected chi connectivity index (χ0v) is 11.3. The Hall–Kier alpha value is -0.500. The number of hydrogen-bond acceptors (Lipinski definition) is 4. The highest BCUT2D eigenvalue weighted by molar-refractivity contribution is 9.10. The van der Waals surface area contributed by atoms with E-state index in [-0.39, 0.29) is 0 Å². The van der Waals surface area contributed by atoms with Gasteiger partial charge in [0.2, 0.25) is 10.0 Å². The summed E-state index contributed by atoms with van der Waals surface area (Å²) < 4.78 is 28.4. The molecule has 0 saturated heterocycles. The van der Waals surface area contributed by atoms with Gasteiger partial charge in [-0.2, -0.15) is 0 Å². The number of nitrogens with zero attached hydrogens (tertiary/aromatic N) is 1. The SMILES string of the molecule is COC(c1ccc(Br)cn1)C(C)S(N)(=O)=O. The van der Waals surface area contributed by atoms with Gasteiger partial charge in [-0.25, -0.2) is 13.6 Å². The first kappa shape index (κ1) is 13.6. The number of halogens is 1. The summed E-state index contributed by atoms with van der Waals surface area (Å²) in [5.41, 5.74) is 0.534. The van der Waals surface area contributed by atoms with Crippen molar-refractivity contribution in [3.05, 3.63) is 28.5 Å². The van der Waals surface area contributed by atoms with E-state index in [9.17, 15) is 8.42 Å². The van der Waals surface area contributed by atoms with E-state index in [1.54, 1.807) is 18.3 Å². The molecule has 0 saturated carbocycles. The molecule has 0 bridgehead atoms. The van der Waals surface area contributed by atoms with E-state index >= 15 is 0 Å². The van der Waals surface area contributed by atoms with Crippen molar-refractivity contribution in [1.82, 2.24) is 4.98 Å². The Morgan fingerprint density at radius 1 is 1.50 bits per heavy atom. The molecule has 5 nitrogen and oxygen atoms in total. The van der Waals surface area contributed by atoms with Crippen LogP contribution in [-0.4, -0.2) is 25.8 Å². The Bertz CT molecular complexity index is 446. The molecule has 1 rings (SSSR count). The lowest BCUT2D eigenvalue weighted by molar-refractivity contribution is 0.0987. The first-order valence-electron chi connectivity index (χ1n) is 4.52.